The Bertz CT molecular complexity index is 230. The van der Waals surface area contributed by atoms with E-state index in [1.165, 1.54) is 0 Å². The minimum atomic E-state index is -0.129. The molecule has 0 unspecified atom stereocenters. The van der Waals surface area contributed by atoms with E-state index in [-0.39, 0.29) is 24.2 Å². The molecule has 0 heterocycles. The Morgan fingerprint density at radius 3 is 3.12 bits per heavy atom. The van der Waals surface area contributed by atoms with Crippen molar-refractivity contribution < 1.29 is 5.48 Å². The van der Waals surface area contributed by atoms with Gasteiger partial charge in [0.1, 0.15) is 0 Å². The van der Waals surface area contributed by atoms with E-state index in [1.54, 1.807) is 6.92 Å². The molecule has 0 saturated carbocycles. The maximum Gasteiger partial charge on any atom is 0.0637 e. The van der Waals surface area contributed by atoms with Crippen LogP contribution in [-0.4, -0.2) is 0 Å². The second kappa shape index (κ2) is 2.31. The van der Waals surface area contributed by atoms with Crippen molar-refractivity contribution in [2.75, 3.05) is 0 Å². The molecule has 0 amide bonds. The first kappa shape index (κ1) is 2.53. The molecule has 0 N–H and O–H groups in total. The number of hydrogen-bond acceptors (Lipinski definition) is 0. The summed E-state index contributed by atoms with van der Waals surface area (Å²) in [6, 6.07) is -0.125. The molecule has 42 valence electrons. The van der Waals surface area contributed by atoms with E-state index in [4.69, 9.17) is 5.48 Å². The molecule has 0 aliphatic heterocycles. The lowest BCUT2D eigenvalue weighted by atomic mass is 10.2. The van der Waals surface area contributed by atoms with Gasteiger partial charge < -0.3 is 0 Å². The Hall–Kier alpha value is -0.300. The number of benzene rings is 1. The first-order chi connectivity index (χ1) is 5.46. The minimum Gasteiger partial charge on any atom is -0.0609 e. The molecule has 8 heavy (non-hydrogen) atoms. The highest BCUT2D eigenvalue weighted by Crippen LogP contribution is 2.09. The van der Waals surface area contributed by atoms with Crippen LogP contribution in [0.3, 0.4) is 0 Å². The van der Waals surface area contributed by atoms with E-state index in [1.807, 2.05) is 0 Å². The molecule has 0 aromatic heterocycles. The van der Waals surface area contributed by atoms with Crippen LogP contribution in [0.1, 0.15) is 11.0 Å². The summed E-state index contributed by atoms with van der Waals surface area (Å²) in [6.45, 7) is 1.60. The van der Waals surface area contributed by atoms with Crippen molar-refractivity contribution in [3.05, 3.63) is 34.2 Å². The van der Waals surface area contributed by atoms with Gasteiger partial charge in [-0.3, -0.25) is 0 Å². The highest BCUT2D eigenvalue weighted by molar-refractivity contribution is 9.10. The average Bonchev–Trinajstić information content (AvgIpc) is 2.08. The Morgan fingerprint density at radius 2 is 2.38 bits per heavy atom. The predicted molar refractivity (Wildman–Crippen MR) is 38.9 cm³/mol. The summed E-state index contributed by atoms with van der Waals surface area (Å²) in [5.74, 6) is 0. The lowest BCUT2D eigenvalue weighted by molar-refractivity contribution is 1.45. The Labute approximate surface area is 63.3 Å². The highest BCUT2D eigenvalue weighted by atomic mass is 79.9. The fourth-order valence-corrected chi connectivity index (χ4v) is 0.803. The molecule has 0 saturated heterocycles. The zero-order chi connectivity index (χ0) is 9.46. The van der Waals surface area contributed by atoms with Crippen LogP contribution in [0, 0.1) is 6.92 Å². The van der Waals surface area contributed by atoms with Crippen molar-refractivity contribution >= 4 is 15.9 Å². The molecular formula is C7H7Br. The van der Waals surface area contributed by atoms with Gasteiger partial charge in [-0.2, -0.15) is 0 Å². The van der Waals surface area contributed by atoms with Crippen LogP contribution in [0.25, 0.3) is 0 Å². The van der Waals surface area contributed by atoms with Gasteiger partial charge in [0.2, 0.25) is 0 Å². The van der Waals surface area contributed by atoms with Gasteiger partial charge in [-0.05, 0) is 19.0 Å². The van der Waals surface area contributed by atoms with Crippen LogP contribution in [0.15, 0.2) is 28.6 Å². The van der Waals surface area contributed by atoms with Gasteiger partial charge in [0.15, 0.2) is 0 Å². The standard InChI is InChI=1S/C7H7Br/c1-6-3-2-4-7(8)5-6/h2-5H,1H3/i2D,3D,4D,5D. The van der Waals surface area contributed by atoms with Crippen molar-refractivity contribution in [2.45, 2.75) is 6.92 Å². The number of rotatable bonds is 0. The van der Waals surface area contributed by atoms with Crippen LogP contribution < -0.4 is 0 Å². The Morgan fingerprint density at radius 1 is 1.62 bits per heavy atom. The number of hydrogen-bond donors (Lipinski definition) is 0. The van der Waals surface area contributed by atoms with Crippen molar-refractivity contribution in [1.82, 2.24) is 0 Å². The van der Waals surface area contributed by atoms with E-state index >= 15 is 0 Å². The van der Waals surface area contributed by atoms with Gasteiger partial charge in [0.25, 0.3) is 0 Å². The van der Waals surface area contributed by atoms with Gasteiger partial charge >= 0.3 is 0 Å². The third-order valence-corrected chi connectivity index (χ3v) is 1.12. The van der Waals surface area contributed by atoms with Gasteiger partial charge in [-0.25, -0.2) is 0 Å². The fraction of sp³-hybridized carbons (Fsp3) is 0.143. The normalized spacial score (nSPS) is 16.2. The zero-order valence-corrected chi connectivity index (χ0v) is 5.96. The molecular weight excluding hydrogens is 164 g/mol. The van der Waals surface area contributed by atoms with Crippen LogP contribution in [0.4, 0.5) is 0 Å². The summed E-state index contributed by atoms with van der Waals surface area (Å²) in [5, 5.41) is 0. The molecule has 0 fully saturated rings. The Kier molecular flexibility index (Phi) is 0.730. The van der Waals surface area contributed by atoms with E-state index in [2.05, 4.69) is 15.9 Å². The molecule has 1 heteroatoms. The molecule has 0 radical (unpaired) electrons. The molecule has 1 aromatic rings. The smallest absolute Gasteiger partial charge is 0.0609 e. The van der Waals surface area contributed by atoms with Gasteiger partial charge in [0.05, 0.1) is 5.48 Å². The largest absolute Gasteiger partial charge is 0.0637 e. The molecule has 0 aliphatic rings. The molecule has 0 nitrogen and oxygen atoms in total. The third-order valence-electron chi connectivity index (χ3n) is 0.719. The summed E-state index contributed by atoms with van der Waals surface area (Å²) in [4.78, 5) is 0. The van der Waals surface area contributed by atoms with Gasteiger partial charge in [-0.15, -0.1) is 0 Å². The summed E-state index contributed by atoms with van der Waals surface area (Å²) < 4.78 is 29.8. The third kappa shape index (κ3) is 1.34. The lowest BCUT2D eigenvalue weighted by Crippen LogP contribution is -1.67. The average molecular weight is 175 g/mol. The molecule has 0 aliphatic carbocycles. The Balaban J connectivity index is 3.60. The highest BCUT2D eigenvalue weighted by Gasteiger charge is 1.82. The monoisotopic (exact) mass is 174 g/mol. The summed E-state index contributed by atoms with van der Waals surface area (Å²) in [7, 11) is 0. The summed E-state index contributed by atoms with van der Waals surface area (Å²) in [6.07, 6.45) is 0. The van der Waals surface area contributed by atoms with E-state index in [0.29, 0.717) is 10.0 Å². The fourth-order valence-electron chi connectivity index (χ4n) is 0.407. The molecule has 0 atom stereocenters. The summed E-state index contributed by atoms with van der Waals surface area (Å²) >= 11 is 3.04. The number of halogens is 1. The van der Waals surface area contributed by atoms with Crippen LogP contribution >= 0.6 is 15.9 Å². The van der Waals surface area contributed by atoms with Gasteiger partial charge in [0, 0.05) is 4.47 Å². The molecule has 0 bridgehead atoms. The first-order valence-electron chi connectivity index (χ1n) is 4.19. The van der Waals surface area contributed by atoms with E-state index < -0.39 is 0 Å². The van der Waals surface area contributed by atoms with Crippen LogP contribution in [0.5, 0.6) is 0 Å². The lowest BCUT2D eigenvalue weighted by Gasteiger charge is -1.89. The quantitative estimate of drug-likeness (QED) is 0.568. The van der Waals surface area contributed by atoms with E-state index in [9.17, 15) is 0 Å². The summed E-state index contributed by atoms with van der Waals surface area (Å²) in [5.41, 5.74) is 0.433. The zero-order valence-electron chi connectivity index (χ0n) is 8.38. The van der Waals surface area contributed by atoms with Gasteiger partial charge in [-0.1, -0.05) is 33.6 Å². The minimum absolute atomic E-state index is 0.0341. The molecule has 1 aromatic carbocycles. The van der Waals surface area contributed by atoms with Crippen LogP contribution in [-0.2, 0) is 0 Å². The maximum atomic E-state index is 7.45. The van der Waals surface area contributed by atoms with Crippen molar-refractivity contribution in [1.29, 1.82) is 0 Å². The van der Waals surface area contributed by atoms with Crippen molar-refractivity contribution in [2.24, 2.45) is 0 Å². The second-order valence-electron chi connectivity index (χ2n) is 1.44. The topological polar surface area (TPSA) is 0 Å². The van der Waals surface area contributed by atoms with E-state index in [0.717, 1.165) is 0 Å². The first-order valence-corrected chi connectivity index (χ1v) is 2.98. The SMILES string of the molecule is [2H]c1c([2H])c(C)c([2H])c(Br)c1[2H]. The second-order valence-corrected chi connectivity index (χ2v) is 2.23. The van der Waals surface area contributed by atoms with Crippen molar-refractivity contribution in [3.63, 3.8) is 0 Å². The molecule has 1 rings (SSSR count). The molecule has 0 spiro atoms. The van der Waals surface area contributed by atoms with Crippen molar-refractivity contribution in [3.8, 4) is 0 Å². The predicted octanol–water partition coefficient (Wildman–Crippen LogP) is 2.76. The maximum absolute atomic E-state index is 7.45. The van der Waals surface area contributed by atoms with Crippen LogP contribution in [0.2, 0.25) is 0 Å².